The SMILES string of the molecule is CN(C)C1CNCC12CC2.Cl.Cl. The molecule has 1 aliphatic carbocycles. The van der Waals surface area contributed by atoms with E-state index in [4.69, 9.17) is 0 Å². The molecule has 0 amide bonds. The summed E-state index contributed by atoms with van der Waals surface area (Å²) in [6.45, 7) is 2.46. The van der Waals surface area contributed by atoms with Gasteiger partial charge in [-0.15, -0.1) is 24.8 Å². The fourth-order valence-corrected chi connectivity index (χ4v) is 2.19. The van der Waals surface area contributed by atoms with Gasteiger partial charge in [-0.05, 0) is 32.4 Å². The summed E-state index contributed by atoms with van der Waals surface area (Å²) in [6, 6.07) is 0.812. The molecular formula is C8H18Cl2N2. The van der Waals surface area contributed by atoms with Gasteiger partial charge < -0.3 is 10.2 Å². The number of likely N-dealkylation sites (N-methyl/N-ethyl adjacent to an activating group) is 1. The van der Waals surface area contributed by atoms with E-state index in [2.05, 4.69) is 24.3 Å². The lowest BCUT2D eigenvalue weighted by Crippen LogP contribution is -2.35. The fraction of sp³-hybridized carbons (Fsp3) is 1.00. The van der Waals surface area contributed by atoms with Crippen LogP contribution < -0.4 is 5.32 Å². The van der Waals surface area contributed by atoms with Crippen molar-refractivity contribution in [1.29, 1.82) is 0 Å². The van der Waals surface area contributed by atoms with Crippen LogP contribution in [0.2, 0.25) is 0 Å². The minimum Gasteiger partial charge on any atom is -0.315 e. The molecule has 1 heterocycles. The highest BCUT2D eigenvalue weighted by Crippen LogP contribution is 2.51. The summed E-state index contributed by atoms with van der Waals surface area (Å²) in [7, 11) is 4.38. The van der Waals surface area contributed by atoms with Crippen molar-refractivity contribution in [3.63, 3.8) is 0 Å². The molecule has 2 rings (SSSR count). The van der Waals surface area contributed by atoms with Gasteiger partial charge in [0.2, 0.25) is 0 Å². The first-order valence-electron chi connectivity index (χ1n) is 4.12. The highest BCUT2D eigenvalue weighted by molar-refractivity contribution is 5.85. The Balaban J connectivity index is 0.000000605. The number of halogens is 2. The fourth-order valence-electron chi connectivity index (χ4n) is 2.19. The van der Waals surface area contributed by atoms with Crippen LogP contribution in [0, 0.1) is 5.41 Å². The molecular weight excluding hydrogens is 195 g/mol. The second-order valence-electron chi connectivity index (χ2n) is 3.97. The predicted molar refractivity (Wildman–Crippen MR) is 56.5 cm³/mol. The third-order valence-electron chi connectivity index (χ3n) is 3.04. The van der Waals surface area contributed by atoms with E-state index < -0.39 is 0 Å². The van der Waals surface area contributed by atoms with E-state index >= 15 is 0 Å². The number of nitrogens with one attached hydrogen (secondary N) is 1. The smallest absolute Gasteiger partial charge is 0.0283 e. The Morgan fingerprint density at radius 3 is 2.17 bits per heavy atom. The quantitative estimate of drug-likeness (QED) is 0.702. The van der Waals surface area contributed by atoms with E-state index in [1.54, 1.807) is 0 Å². The zero-order valence-electron chi connectivity index (χ0n) is 7.67. The molecule has 74 valence electrons. The topological polar surface area (TPSA) is 15.3 Å². The van der Waals surface area contributed by atoms with Gasteiger partial charge in [-0.1, -0.05) is 0 Å². The first-order valence-corrected chi connectivity index (χ1v) is 4.12. The van der Waals surface area contributed by atoms with Crippen LogP contribution in [0.15, 0.2) is 0 Å². The Morgan fingerprint density at radius 2 is 1.83 bits per heavy atom. The van der Waals surface area contributed by atoms with Gasteiger partial charge in [-0.2, -0.15) is 0 Å². The van der Waals surface area contributed by atoms with Gasteiger partial charge in [-0.3, -0.25) is 0 Å². The van der Waals surface area contributed by atoms with Crippen LogP contribution >= 0.6 is 24.8 Å². The van der Waals surface area contributed by atoms with Crippen LogP contribution in [0.3, 0.4) is 0 Å². The lowest BCUT2D eigenvalue weighted by atomic mass is 10.0. The summed E-state index contributed by atoms with van der Waals surface area (Å²) in [6.07, 6.45) is 2.89. The Kier molecular flexibility index (Phi) is 4.31. The van der Waals surface area contributed by atoms with E-state index in [9.17, 15) is 0 Å². The molecule has 2 nitrogen and oxygen atoms in total. The van der Waals surface area contributed by atoms with Crippen molar-refractivity contribution in [2.45, 2.75) is 18.9 Å². The van der Waals surface area contributed by atoms with E-state index in [0.717, 1.165) is 6.04 Å². The zero-order valence-corrected chi connectivity index (χ0v) is 9.30. The minimum atomic E-state index is 0. The van der Waals surface area contributed by atoms with E-state index in [1.807, 2.05) is 0 Å². The highest BCUT2D eigenvalue weighted by atomic mass is 35.5. The van der Waals surface area contributed by atoms with Gasteiger partial charge in [0.15, 0.2) is 0 Å². The number of hydrogen-bond acceptors (Lipinski definition) is 2. The predicted octanol–water partition coefficient (Wildman–Crippen LogP) is 1.14. The molecule has 0 aromatic heterocycles. The van der Waals surface area contributed by atoms with Gasteiger partial charge >= 0.3 is 0 Å². The lowest BCUT2D eigenvalue weighted by Gasteiger charge is -2.24. The monoisotopic (exact) mass is 212 g/mol. The summed E-state index contributed by atoms with van der Waals surface area (Å²) < 4.78 is 0. The summed E-state index contributed by atoms with van der Waals surface area (Å²) in [5.74, 6) is 0. The van der Waals surface area contributed by atoms with Crippen molar-refractivity contribution in [2.24, 2.45) is 5.41 Å². The molecule has 1 atom stereocenters. The molecule has 1 saturated heterocycles. The maximum absolute atomic E-state index is 3.46. The van der Waals surface area contributed by atoms with Crippen LogP contribution in [0.4, 0.5) is 0 Å². The first-order chi connectivity index (χ1) is 4.75. The molecule has 1 saturated carbocycles. The molecule has 1 N–H and O–H groups in total. The number of rotatable bonds is 1. The molecule has 12 heavy (non-hydrogen) atoms. The molecule has 0 radical (unpaired) electrons. The van der Waals surface area contributed by atoms with E-state index in [-0.39, 0.29) is 24.8 Å². The van der Waals surface area contributed by atoms with Crippen molar-refractivity contribution >= 4 is 24.8 Å². The molecule has 1 unspecified atom stereocenters. The van der Waals surface area contributed by atoms with Gasteiger partial charge in [0.05, 0.1) is 0 Å². The van der Waals surface area contributed by atoms with E-state index in [0.29, 0.717) is 5.41 Å². The van der Waals surface area contributed by atoms with Crippen LogP contribution in [-0.4, -0.2) is 38.1 Å². The average Bonchev–Trinajstić information content (AvgIpc) is 2.42. The third kappa shape index (κ3) is 1.87. The summed E-state index contributed by atoms with van der Waals surface area (Å²) in [5, 5.41) is 3.46. The maximum atomic E-state index is 3.46. The average molecular weight is 213 g/mol. The van der Waals surface area contributed by atoms with Crippen LogP contribution in [-0.2, 0) is 0 Å². The molecule has 4 heteroatoms. The van der Waals surface area contributed by atoms with Crippen molar-refractivity contribution in [3.8, 4) is 0 Å². The Labute approximate surface area is 86.9 Å². The number of nitrogens with zero attached hydrogens (tertiary/aromatic N) is 1. The van der Waals surface area contributed by atoms with Crippen molar-refractivity contribution < 1.29 is 0 Å². The van der Waals surface area contributed by atoms with Crippen LogP contribution in [0.5, 0.6) is 0 Å². The number of hydrogen-bond donors (Lipinski definition) is 1. The lowest BCUT2D eigenvalue weighted by molar-refractivity contribution is 0.241. The van der Waals surface area contributed by atoms with Crippen LogP contribution in [0.1, 0.15) is 12.8 Å². The molecule has 0 bridgehead atoms. The highest BCUT2D eigenvalue weighted by Gasteiger charge is 2.52. The summed E-state index contributed by atoms with van der Waals surface area (Å²) in [5.41, 5.74) is 0.698. The molecule has 2 fully saturated rings. The zero-order chi connectivity index (χ0) is 7.19. The normalized spacial score (nSPS) is 29.8. The molecule has 0 aromatic carbocycles. The summed E-state index contributed by atoms with van der Waals surface area (Å²) >= 11 is 0. The first kappa shape index (κ1) is 12.5. The Bertz CT molecular complexity index is 146. The third-order valence-corrected chi connectivity index (χ3v) is 3.04. The second-order valence-corrected chi connectivity index (χ2v) is 3.97. The molecule has 0 aromatic rings. The van der Waals surface area contributed by atoms with Gasteiger partial charge in [0.1, 0.15) is 0 Å². The Morgan fingerprint density at radius 1 is 1.25 bits per heavy atom. The molecule has 2 aliphatic rings. The minimum absolute atomic E-state index is 0. The van der Waals surface area contributed by atoms with Gasteiger partial charge in [-0.25, -0.2) is 0 Å². The van der Waals surface area contributed by atoms with Crippen molar-refractivity contribution in [1.82, 2.24) is 10.2 Å². The Hall–Kier alpha value is 0.500. The largest absolute Gasteiger partial charge is 0.315 e. The maximum Gasteiger partial charge on any atom is 0.0283 e. The molecule has 1 aliphatic heterocycles. The van der Waals surface area contributed by atoms with Crippen LogP contribution in [0.25, 0.3) is 0 Å². The van der Waals surface area contributed by atoms with Gasteiger partial charge in [0, 0.05) is 19.1 Å². The van der Waals surface area contributed by atoms with E-state index in [1.165, 1.54) is 25.9 Å². The standard InChI is InChI=1S/C8H16N2.2ClH/c1-10(2)7-5-9-6-8(7)3-4-8;;/h7,9H,3-6H2,1-2H3;2*1H. The van der Waals surface area contributed by atoms with Crippen molar-refractivity contribution in [2.75, 3.05) is 27.2 Å². The van der Waals surface area contributed by atoms with Crippen molar-refractivity contribution in [3.05, 3.63) is 0 Å². The molecule has 1 spiro atoms. The summed E-state index contributed by atoms with van der Waals surface area (Å²) in [4.78, 5) is 2.37. The second kappa shape index (κ2) is 4.14. The van der Waals surface area contributed by atoms with Gasteiger partial charge in [0.25, 0.3) is 0 Å².